The molecule has 18 heavy (non-hydrogen) atoms. The van der Waals surface area contributed by atoms with Crippen molar-refractivity contribution in [2.24, 2.45) is 5.41 Å². The van der Waals surface area contributed by atoms with Crippen molar-refractivity contribution in [2.45, 2.75) is 26.7 Å². The van der Waals surface area contributed by atoms with Crippen LogP contribution in [0.2, 0.25) is 0 Å². The summed E-state index contributed by atoms with van der Waals surface area (Å²) in [5.41, 5.74) is 2.63. The number of nitriles is 1. The molecule has 0 bridgehead atoms. The van der Waals surface area contributed by atoms with E-state index in [4.69, 9.17) is 5.26 Å². The van der Waals surface area contributed by atoms with Gasteiger partial charge in [-0.15, -0.1) is 0 Å². The number of hydrogen-bond acceptors (Lipinski definition) is 3. The summed E-state index contributed by atoms with van der Waals surface area (Å²) in [6, 6.07) is 4.23. The summed E-state index contributed by atoms with van der Waals surface area (Å²) in [5.74, 6) is 6.07. The van der Waals surface area contributed by atoms with E-state index in [2.05, 4.69) is 34.8 Å². The van der Waals surface area contributed by atoms with Crippen LogP contribution in [-0.2, 0) is 6.42 Å². The largest absolute Gasteiger partial charge is 0.374 e. The molecule has 1 aromatic rings. The molecule has 2 rings (SSSR count). The molecule has 0 aromatic carbocycles. The second-order valence-electron chi connectivity index (χ2n) is 5.17. The lowest BCUT2D eigenvalue weighted by atomic mass is 9.95. The quantitative estimate of drug-likeness (QED) is 0.652. The first-order chi connectivity index (χ1) is 8.53. The molecule has 3 heteroatoms. The van der Waals surface area contributed by atoms with Crippen LogP contribution in [0.25, 0.3) is 0 Å². The number of fused-ring (bicyclic) bond motifs is 1. The molecule has 92 valence electrons. The molecular formula is C15H17N3. The van der Waals surface area contributed by atoms with Gasteiger partial charge in [0.15, 0.2) is 0 Å². The van der Waals surface area contributed by atoms with E-state index in [9.17, 15) is 0 Å². The van der Waals surface area contributed by atoms with Gasteiger partial charge >= 0.3 is 0 Å². The molecule has 0 radical (unpaired) electrons. The van der Waals surface area contributed by atoms with E-state index in [1.54, 1.807) is 6.20 Å². The van der Waals surface area contributed by atoms with Gasteiger partial charge in [-0.3, -0.25) is 0 Å². The van der Waals surface area contributed by atoms with Gasteiger partial charge in [0, 0.05) is 31.0 Å². The highest BCUT2D eigenvalue weighted by Gasteiger charge is 2.17. The van der Waals surface area contributed by atoms with Crippen LogP contribution < -0.4 is 4.90 Å². The van der Waals surface area contributed by atoms with Gasteiger partial charge in [-0.2, -0.15) is 5.26 Å². The van der Waals surface area contributed by atoms with Crippen molar-refractivity contribution in [2.75, 3.05) is 18.5 Å². The summed E-state index contributed by atoms with van der Waals surface area (Å²) in [7, 11) is 2.09. The lowest BCUT2D eigenvalue weighted by Gasteiger charge is -2.27. The molecule has 0 saturated heterocycles. The minimum atomic E-state index is -0.620. The zero-order valence-corrected chi connectivity index (χ0v) is 11.1. The van der Waals surface area contributed by atoms with Crippen molar-refractivity contribution in [3.63, 3.8) is 0 Å². The second-order valence-corrected chi connectivity index (χ2v) is 5.17. The molecule has 0 unspecified atom stereocenters. The van der Waals surface area contributed by atoms with Crippen molar-refractivity contribution < 1.29 is 0 Å². The summed E-state index contributed by atoms with van der Waals surface area (Å²) in [5, 5.41) is 8.97. The summed E-state index contributed by atoms with van der Waals surface area (Å²) >= 11 is 0. The monoisotopic (exact) mass is 239 g/mol. The van der Waals surface area contributed by atoms with E-state index in [-0.39, 0.29) is 0 Å². The fourth-order valence-electron chi connectivity index (χ4n) is 2.05. The number of nitrogens with zero attached hydrogens (tertiary/aromatic N) is 3. The number of hydrogen-bond donors (Lipinski definition) is 0. The lowest BCUT2D eigenvalue weighted by molar-refractivity contribution is 0.673. The zero-order valence-electron chi connectivity index (χ0n) is 11.1. The van der Waals surface area contributed by atoms with Crippen molar-refractivity contribution in [1.82, 2.24) is 4.98 Å². The Kier molecular flexibility index (Phi) is 3.26. The topological polar surface area (TPSA) is 39.9 Å². The van der Waals surface area contributed by atoms with Gasteiger partial charge in [-0.25, -0.2) is 4.98 Å². The van der Waals surface area contributed by atoms with E-state index in [0.29, 0.717) is 0 Å². The third-order valence-electron chi connectivity index (χ3n) is 3.14. The van der Waals surface area contributed by atoms with Crippen LogP contribution in [-0.4, -0.2) is 18.6 Å². The average molecular weight is 239 g/mol. The molecule has 0 spiro atoms. The third kappa shape index (κ3) is 2.46. The normalized spacial score (nSPS) is 14.2. The molecular weight excluding hydrogens is 222 g/mol. The molecule has 0 atom stereocenters. The van der Waals surface area contributed by atoms with Crippen molar-refractivity contribution in [3.8, 4) is 17.9 Å². The van der Waals surface area contributed by atoms with Gasteiger partial charge in [0.05, 0.1) is 6.07 Å². The molecule has 0 N–H and O–H groups in total. The predicted octanol–water partition coefficient (Wildman–Crippen LogP) is 2.37. The van der Waals surface area contributed by atoms with Crippen LogP contribution in [0, 0.1) is 28.6 Å². The van der Waals surface area contributed by atoms with E-state index < -0.39 is 5.41 Å². The number of anilines is 1. The predicted molar refractivity (Wildman–Crippen MR) is 72.1 cm³/mol. The first-order valence-electron chi connectivity index (χ1n) is 6.17. The summed E-state index contributed by atoms with van der Waals surface area (Å²) in [6.07, 6.45) is 3.94. The lowest BCUT2D eigenvalue weighted by Crippen LogP contribution is -2.25. The molecule has 0 amide bonds. The van der Waals surface area contributed by atoms with Gasteiger partial charge in [0.25, 0.3) is 0 Å². The Bertz CT molecular complexity index is 555. The summed E-state index contributed by atoms with van der Waals surface area (Å²) in [6.45, 7) is 4.72. The minimum Gasteiger partial charge on any atom is -0.374 e. The minimum absolute atomic E-state index is 0.620. The maximum atomic E-state index is 8.97. The third-order valence-corrected chi connectivity index (χ3v) is 3.14. The highest BCUT2D eigenvalue weighted by Crippen LogP contribution is 2.27. The Balaban J connectivity index is 2.42. The van der Waals surface area contributed by atoms with E-state index in [1.807, 2.05) is 19.9 Å². The van der Waals surface area contributed by atoms with Crippen LogP contribution in [0.5, 0.6) is 0 Å². The number of aromatic nitrogens is 1. The van der Waals surface area contributed by atoms with Crippen LogP contribution >= 0.6 is 0 Å². The zero-order chi connectivity index (χ0) is 13.2. The second kappa shape index (κ2) is 4.70. The van der Waals surface area contributed by atoms with Gasteiger partial charge in [-0.1, -0.05) is 5.92 Å². The number of rotatable bonds is 0. The first kappa shape index (κ1) is 12.5. The highest BCUT2D eigenvalue weighted by atomic mass is 15.1. The maximum absolute atomic E-state index is 8.97. The molecule has 2 heterocycles. The molecule has 1 aliphatic rings. The van der Waals surface area contributed by atoms with Crippen molar-refractivity contribution in [1.29, 1.82) is 5.26 Å². The molecule has 0 saturated carbocycles. The Labute approximate surface area is 108 Å². The van der Waals surface area contributed by atoms with Gasteiger partial charge in [-0.05, 0) is 38.7 Å². The van der Waals surface area contributed by atoms with Gasteiger partial charge in [0.1, 0.15) is 11.1 Å². The fourth-order valence-corrected chi connectivity index (χ4v) is 2.05. The number of pyridine rings is 1. The van der Waals surface area contributed by atoms with Crippen LogP contribution in [0.1, 0.15) is 31.5 Å². The first-order valence-corrected chi connectivity index (χ1v) is 6.17. The van der Waals surface area contributed by atoms with Crippen LogP contribution in [0.4, 0.5) is 5.69 Å². The summed E-state index contributed by atoms with van der Waals surface area (Å²) < 4.78 is 0. The van der Waals surface area contributed by atoms with E-state index in [0.717, 1.165) is 25.1 Å². The SMILES string of the molecule is CN1CCCc2c1ccnc2C#CC(C)(C)C#N. The van der Waals surface area contributed by atoms with Crippen molar-refractivity contribution >= 4 is 5.69 Å². The molecule has 0 fully saturated rings. The van der Waals surface area contributed by atoms with Gasteiger partial charge < -0.3 is 4.90 Å². The highest BCUT2D eigenvalue weighted by molar-refractivity contribution is 5.59. The van der Waals surface area contributed by atoms with E-state index in [1.165, 1.54) is 11.3 Å². The summed E-state index contributed by atoms with van der Waals surface area (Å²) in [4.78, 5) is 6.59. The molecule has 1 aromatic heterocycles. The Morgan fingerprint density at radius 3 is 2.94 bits per heavy atom. The standard InChI is InChI=1S/C15H17N3/c1-15(2,11-16)8-6-13-12-5-4-10-18(3)14(12)7-9-17-13/h7,9H,4-5,10H2,1-3H3. The molecule has 3 nitrogen and oxygen atoms in total. The molecule has 1 aliphatic heterocycles. The Morgan fingerprint density at radius 1 is 1.44 bits per heavy atom. The molecule has 0 aliphatic carbocycles. The fraction of sp³-hybridized carbons (Fsp3) is 0.467. The Morgan fingerprint density at radius 2 is 2.22 bits per heavy atom. The van der Waals surface area contributed by atoms with E-state index >= 15 is 0 Å². The maximum Gasteiger partial charge on any atom is 0.118 e. The Hall–Kier alpha value is -2.00. The van der Waals surface area contributed by atoms with Crippen LogP contribution in [0.3, 0.4) is 0 Å². The average Bonchev–Trinajstić information content (AvgIpc) is 2.37. The van der Waals surface area contributed by atoms with Crippen molar-refractivity contribution in [3.05, 3.63) is 23.5 Å². The van der Waals surface area contributed by atoms with Gasteiger partial charge in [0.2, 0.25) is 0 Å². The smallest absolute Gasteiger partial charge is 0.118 e. The van der Waals surface area contributed by atoms with Crippen LogP contribution in [0.15, 0.2) is 12.3 Å².